The van der Waals surface area contributed by atoms with Gasteiger partial charge in [0.15, 0.2) is 0 Å². The summed E-state index contributed by atoms with van der Waals surface area (Å²) in [6.45, 7) is 0.900. The number of rotatable bonds is 3. The second kappa shape index (κ2) is 7.87. The van der Waals surface area contributed by atoms with E-state index in [2.05, 4.69) is 11.0 Å². The normalized spacial score (nSPS) is 14.3. The van der Waals surface area contributed by atoms with E-state index in [0.717, 1.165) is 39.5 Å². The number of halogens is 4. The van der Waals surface area contributed by atoms with Crippen molar-refractivity contribution in [2.75, 3.05) is 20.6 Å². The lowest BCUT2D eigenvalue weighted by molar-refractivity contribution is 0.417. The van der Waals surface area contributed by atoms with E-state index in [9.17, 15) is 8.78 Å². The van der Waals surface area contributed by atoms with E-state index in [0.29, 0.717) is 0 Å². The zero-order valence-corrected chi connectivity index (χ0v) is 15.7. The van der Waals surface area contributed by atoms with Gasteiger partial charge in [-0.2, -0.15) is 0 Å². The van der Waals surface area contributed by atoms with Gasteiger partial charge in [-0.15, -0.1) is 12.4 Å². The van der Waals surface area contributed by atoms with Crippen LogP contribution >= 0.6 is 35.8 Å². The van der Waals surface area contributed by atoms with Crippen LogP contribution in [-0.2, 0) is 0 Å². The van der Waals surface area contributed by atoms with Crippen molar-refractivity contribution in [3.63, 3.8) is 0 Å². The van der Waals surface area contributed by atoms with Crippen molar-refractivity contribution in [1.82, 2.24) is 4.90 Å². The number of fused-ring (bicyclic) bond motifs is 2. The Morgan fingerprint density at radius 2 is 1.79 bits per heavy atom. The van der Waals surface area contributed by atoms with Crippen LogP contribution in [0, 0.1) is 11.6 Å². The van der Waals surface area contributed by atoms with Crippen LogP contribution in [0.25, 0.3) is 5.57 Å². The molecular weight excluding hydrogens is 371 g/mol. The molecule has 128 valence electrons. The highest BCUT2D eigenvalue weighted by Crippen LogP contribution is 2.47. The van der Waals surface area contributed by atoms with Gasteiger partial charge in [0, 0.05) is 16.3 Å². The lowest BCUT2D eigenvalue weighted by Crippen LogP contribution is -2.12. The van der Waals surface area contributed by atoms with Gasteiger partial charge in [0.25, 0.3) is 0 Å². The summed E-state index contributed by atoms with van der Waals surface area (Å²) >= 11 is 7.34. The van der Waals surface area contributed by atoms with Gasteiger partial charge in [0.2, 0.25) is 0 Å². The molecule has 0 saturated heterocycles. The molecule has 1 nitrogen and oxygen atoms in total. The predicted molar refractivity (Wildman–Crippen MR) is 99.4 cm³/mol. The summed E-state index contributed by atoms with van der Waals surface area (Å²) in [5.74, 6) is -0.743. The third-order valence-electron chi connectivity index (χ3n) is 3.69. The Morgan fingerprint density at radius 1 is 1.08 bits per heavy atom. The first kappa shape index (κ1) is 19.3. The maximum Gasteiger partial charge on any atom is 0.142 e. The van der Waals surface area contributed by atoms with Crippen molar-refractivity contribution in [2.24, 2.45) is 0 Å². The molecule has 1 aliphatic rings. The largest absolute Gasteiger partial charge is 0.309 e. The van der Waals surface area contributed by atoms with Crippen molar-refractivity contribution >= 4 is 41.3 Å². The second-order valence-corrected chi connectivity index (χ2v) is 7.21. The van der Waals surface area contributed by atoms with E-state index >= 15 is 0 Å². The van der Waals surface area contributed by atoms with Gasteiger partial charge < -0.3 is 4.90 Å². The zero-order valence-electron chi connectivity index (χ0n) is 13.3. The van der Waals surface area contributed by atoms with E-state index < -0.39 is 5.82 Å². The molecule has 0 spiro atoms. The Bertz CT molecular complexity index is 791. The fourth-order valence-electron chi connectivity index (χ4n) is 2.58. The van der Waals surface area contributed by atoms with Gasteiger partial charge in [0.05, 0.1) is 5.02 Å². The lowest BCUT2D eigenvalue weighted by atomic mass is 9.96. The first-order valence-electron chi connectivity index (χ1n) is 7.28. The van der Waals surface area contributed by atoms with Gasteiger partial charge in [-0.1, -0.05) is 35.5 Å². The number of nitrogens with zero attached hydrogens (tertiary/aromatic N) is 1. The molecule has 0 aliphatic carbocycles. The minimum absolute atomic E-state index is 0. The van der Waals surface area contributed by atoms with Crippen molar-refractivity contribution in [1.29, 1.82) is 0 Å². The molecule has 0 radical (unpaired) electrons. The van der Waals surface area contributed by atoms with Crippen molar-refractivity contribution < 1.29 is 8.78 Å². The molecule has 0 aromatic heterocycles. The molecule has 0 atom stereocenters. The molecule has 0 amide bonds. The van der Waals surface area contributed by atoms with E-state index in [4.69, 9.17) is 11.6 Å². The third-order valence-corrected chi connectivity index (χ3v) is 5.10. The molecular formula is C18H17Cl2F2NS. The molecule has 0 saturated carbocycles. The highest BCUT2D eigenvalue weighted by Gasteiger charge is 2.23. The van der Waals surface area contributed by atoms with Crippen molar-refractivity contribution in [3.8, 4) is 0 Å². The van der Waals surface area contributed by atoms with E-state index in [-0.39, 0.29) is 23.2 Å². The van der Waals surface area contributed by atoms with Gasteiger partial charge in [-0.25, -0.2) is 8.78 Å². The smallest absolute Gasteiger partial charge is 0.142 e. The fourth-order valence-corrected chi connectivity index (χ4v) is 3.88. The first-order valence-corrected chi connectivity index (χ1v) is 8.47. The van der Waals surface area contributed by atoms with Gasteiger partial charge >= 0.3 is 0 Å². The average molecular weight is 388 g/mol. The maximum absolute atomic E-state index is 13.8. The highest BCUT2D eigenvalue weighted by molar-refractivity contribution is 7.99. The summed E-state index contributed by atoms with van der Waals surface area (Å²) in [6.07, 6.45) is 2.96. The minimum atomic E-state index is -0.453. The zero-order chi connectivity index (χ0) is 16.6. The Morgan fingerprint density at radius 3 is 2.50 bits per heavy atom. The molecule has 1 heterocycles. The Hall–Kier alpha value is -1.07. The van der Waals surface area contributed by atoms with Gasteiger partial charge in [0.1, 0.15) is 11.6 Å². The monoisotopic (exact) mass is 387 g/mol. The molecule has 24 heavy (non-hydrogen) atoms. The van der Waals surface area contributed by atoms with Crippen LogP contribution < -0.4 is 0 Å². The maximum atomic E-state index is 13.8. The van der Waals surface area contributed by atoms with E-state index in [1.165, 1.54) is 30.0 Å². The minimum Gasteiger partial charge on any atom is -0.309 e. The molecule has 0 unspecified atom stereocenters. The Labute approximate surface area is 156 Å². The quantitative estimate of drug-likeness (QED) is 0.551. The molecule has 0 bridgehead atoms. The summed E-state index contributed by atoms with van der Waals surface area (Å²) < 4.78 is 27.4. The van der Waals surface area contributed by atoms with Crippen LogP contribution in [0.2, 0.25) is 5.02 Å². The van der Waals surface area contributed by atoms with Crippen molar-refractivity contribution in [3.05, 3.63) is 64.2 Å². The standard InChI is InChI=1S/C18H16ClF2NS.ClH/c1-22(2)7-3-4-12-13-6-5-11(20)8-17(13)23-18-10-16(21)15(19)9-14(12)18;/h4-6,8-10H,3,7H2,1-2H3;1H. The van der Waals surface area contributed by atoms with Crippen LogP contribution in [0.4, 0.5) is 8.78 Å². The molecule has 3 rings (SSSR count). The Balaban J connectivity index is 0.00000208. The second-order valence-electron chi connectivity index (χ2n) is 5.71. The van der Waals surface area contributed by atoms with Gasteiger partial charge in [-0.05, 0) is 61.5 Å². The third kappa shape index (κ3) is 3.94. The first-order chi connectivity index (χ1) is 11.0. The summed E-state index contributed by atoms with van der Waals surface area (Å²) in [6, 6.07) is 7.81. The number of hydrogen-bond donors (Lipinski definition) is 0. The van der Waals surface area contributed by atoms with Crippen molar-refractivity contribution in [2.45, 2.75) is 16.2 Å². The molecule has 6 heteroatoms. The molecule has 2 aromatic carbocycles. The molecule has 2 aromatic rings. The van der Waals surface area contributed by atoms with Crippen LogP contribution in [0.3, 0.4) is 0 Å². The number of benzene rings is 2. The highest BCUT2D eigenvalue weighted by atomic mass is 35.5. The van der Waals surface area contributed by atoms with Crippen LogP contribution in [0.5, 0.6) is 0 Å². The van der Waals surface area contributed by atoms with Gasteiger partial charge in [-0.3, -0.25) is 0 Å². The molecule has 1 aliphatic heterocycles. The predicted octanol–water partition coefficient (Wildman–Crippen LogP) is 5.89. The van der Waals surface area contributed by atoms with Crippen LogP contribution in [0.1, 0.15) is 17.5 Å². The summed E-state index contributed by atoms with van der Waals surface area (Å²) in [4.78, 5) is 3.66. The lowest BCUT2D eigenvalue weighted by Gasteiger charge is -2.23. The molecule has 0 fully saturated rings. The van der Waals surface area contributed by atoms with Crippen LogP contribution in [0.15, 0.2) is 46.2 Å². The van der Waals surface area contributed by atoms with Crippen LogP contribution in [-0.4, -0.2) is 25.5 Å². The fraction of sp³-hybridized carbons (Fsp3) is 0.222. The molecule has 0 N–H and O–H groups in total. The SMILES string of the molecule is CN(C)CCC=C1c2ccc(F)cc2Sc2cc(F)c(Cl)cc21.Cl. The van der Waals surface area contributed by atoms with E-state index in [1.54, 1.807) is 12.1 Å². The summed E-state index contributed by atoms with van der Waals surface area (Å²) in [7, 11) is 4.03. The Kier molecular flexibility index (Phi) is 6.32. The average Bonchev–Trinajstić information content (AvgIpc) is 2.48. The summed E-state index contributed by atoms with van der Waals surface area (Å²) in [5.41, 5.74) is 2.85. The topological polar surface area (TPSA) is 3.24 Å². The summed E-state index contributed by atoms with van der Waals surface area (Å²) in [5, 5.41) is 0.105. The number of hydrogen-bond acceptors (Lipinski definition) is 2. The van der Waals surface area contributed by atoms with E-state index in [1.807, 2.05) is 14.1 Å².